The lowest BCUT2D eigenvalue weighted by Crippen LogP contribution is -2.45. The lowest BCUT2D eigenvalue weighted by atomic mass is 10.0. The number of ketones is 1. The van der Waals surface area contributed by atoms with Crippen molar-refractivity contribution in [3.8, 4) is 5.75 Å². The van der Waals surface area contributed by atoms with E-state index in [0.29, 0.717) is 16.9 Å². The van der Waals surface area contributed by atoms with Crippen molar-refractivity contribution in [3.05, 3.63) is 95.1 Å². The highest BCUT2D eigenvalue weighted by atomic mass is 32.1. The van der Waals surface area contributed by atoms with Crippen LogP contribution >= 0.6 is 12.2 Å². The summed E-state index contributed by atoms with van der Waals surface area (Å²) in [6.45, 7) is 3.58. The number of nitrogens with one attached hydrogen (secondary N) is 3. The van der Waals surface area contributed by atoms with Crippen molar-refractivity contribution in [3.63, 3.8) is 0 Å². The van der Waals surface area contributed by atoms with Gasteiger partial charge in [-0.05, 0) is 61.5 Å². The van der Waals surface area contributed by atoms with Gasteiger partial charge in [0.2, 0.25) is 0 Å². The molecule has 3 N–H and O–H groups in total. The number of ether oxygens (including phenoxy) is 1. The second-order valence-electron chi connectivity index (χ2n) is 6.91. The van der Waals surface area contributed by atoms with Gasteiger partial charge in [-0.25, -0.2) is 0 Å². The van der Waals surface area contributed by atoms with E-state index in [2.05, 4.69) is 16.2 Å². The normalized spacial score (nSPS) is 10.1. The molecular formula is C24H23N3O3S. The second-order valence-corrected chi connectivity index (χ2v) is 7.31. The van der Waals surface area contributed by atoms with Crippen molar-refractivity contribution < 1.29 is 14.3 Å². The molecule has 1 amide bonds. The van der Waals surface area contributed by atoms with Crippen LogP contribution in [0.1, 0.15) is 27.0 Å². The molecule has 0 aliphatic carbocycles. The van der Waals surface area contributed by atoms with Gasteiger partial charge in [-0.15, -0.1) is 0 Å². The summed E-state index contributed by atoms with van der Waals surface area (Å²) in [7, 11) is 0. The molecule has 31 heavy (non-hydrogen) atoms. The number of rotatable bonds is 6. The lowest BCUT2D eigenvalue weighted by Gasteiger charge is -2.14. The number of aryl methyl sites for hydroxylation is 2. The first-order valence-corrected chi connectivity index (χ1v) is 10.1. The Labute approximate surface area is 186 Å². The van der Waals surface area contributed by atoms with E-state index in [1.54, 1.807) is 30.3 Å². The summed E-state index contributed by atoms with van der Waals surface area (Å²) in [5.41, 5.74) is 8.97. The monoisotopic (exact) mass is 433 g/mol. The Bertz CT molecular complexity index is 1100. The number of benzene rings is 3. The van der Waals surface area contributed by atoms with Gasteiger partial charge in [-0.1, -0.05) is 48.5 Å². The van der Waals surface area contributed by atoms with Crippen LogP contribution in [0.25, 0.3) is 0 Å². The van der Waals surface area contributed by atoms with Crippen LogP contribution in [0.5, 0.6) is 5.75 Å². The molecule has 3 aromatic rings. The number of hydrazine groups is 1. The van der Waals surface area contributed by atoms with Crippen LogP contribution in [-0.4, -0.2) is 23.4 Å². The van der Waals surface area contributed by atoms with Gasteiger partial charge in [0.15, 0.2) is 17.5 Å². The number of hydrogen-bond acceptors (Lipinski definition) is 4. The Morgan fingerprint density at radius 1 is 0.839 bits per heavy atom. The number of hydrogen-bond donors (Lipinski definition) is 3. The summed E-state index contributed by atoms with van der Waals surface area (Å²) in [6, 6.07) is 21.9. The Hall–Kier alpha value is -3.71. The summed E-state index contributed by atoms with van der Waals surface area (Å²) >= 11 is 5.18. The van der Waals surface area contributed by atoms with Crippen LogP contribution in [0, 0.1) is 13.8 Å². The van der Waals surface area contributed by atoms with Crippen LogP contribution < -0.4 is 20.9 Å². The topological polar surface area (TPSA) is 79.5 Å². The first-order valence-electron chi connectivity index (χ1n) is 9.68. The van der Waals surface area contributed by atoms with E-state index in [1.165, 1.54) is 0 Å². The van der Waals surface area contributed by atoms with E-state index in [9.17, 15) is 9.59 Å². The smallest absolute Gasteiger partial charge is 0.276 e. The van der Waals surface area contributed by atoms with Crippen molar-refractivity contribution >= 4 is 34.7 Å². The van der Waals surface area contributed by atoms with Crippen molar-refractivity contribution in [1.82, 2.24) is 10.9 Å². The summed E-state index contributed by atoms with van der Waals surface area (Å²) in [5.74, 6) is 0.0741. The van der Waals surface area contributed by atoms with Gasteiger partial charge < -0.3 is 10.1 Å². The average Bonchev–Trinajstić information content (AvgIpc) is 2.78. The number of carbonyl (C=O) groups excluding carboxylic acids is 2. The molecule has 0 bridgehead atoms. The van der Waals surface area contributed by atoms with Gasteiger partial charge in [0.1, 0.15) is 5.75 Å². The fourth-order valence-electron chi connectivity index (χ4n) is 2.88. The standard InChI is InChI=1S/C24H23N3O3S/c1-16-8-6-7-11-20(16)25-24(31)27-26-22(28)15-30-21-13-12-19(14-17(21)2)23(29)18-9-4-3-5-10-18/h3-14H,15H2,1-2H3,(H,26,28)(H2,25,27,31). The number of thiocarbonyl (C=S) groups is 1. The predicted molar refractivity (Wildman–Crippen MR) is 125 cm³/mol. The summed E-state index contributed by atoms with van der Waals surface area (Å²) in [6.07, 6.45) is 0. The van der Waals surface area contributed by atoms with Gasteiger partial charge in [-0.2, -0.15) is 0 Å². The molecule has 0 aliphatic rings. The molecule has 158 valence electrons. The zero-order chi connectivity index (χ0) is 22.2. The molecule has 6 nitrogen and oxygen atoms in total. The van der Waals surface area contributed by atoms with E-state index < -0.39 is 5.91 Å². The molecule has 0 saturated carbocycles. The molecule has 0 aliphatic heterocycles. The molecule has 0 saturated heterocycles. The highest BCUT2D eigenvalue weighted by Crippen LogP contribution is 2.21. The Morgan fingerprint density at radius 2 is 1.55 bits per heavy atom. The van der Waals surface area contributed by atoms with Gasteiger partial charge in [0.25, 0.3) is 5.91 Å². The van der Waals surface area contributed by atoms with Crippen LogP contribution in [0.4, 0.5) is 5.69 Å². The second kappa shape index (κ2) is 10.4. The quantitative estimate of drug-likeness (QED) is 0.311. The van der Waals surface area contributed by atoms with E-state index in [4.69, 9.17) is 17.0 Å². The van der Waals surface area contributed by atoms with Gasteiger partial charge in [-0.3, -0.25) is 20.4 Å². The lowest BCUT2D eigenvalue weighted by molar-refractivity contribution is -0.123. The van der Waals surface area contributed by atoms with E-state index in [-0.39, 0.29) is 17.5 Å². The highest BCUT2D eigenvalue weighted by molar-refractivity contribution is 7.80. The molecule has 3 aromatic carbocycles. The summed E-state index contributed by atoms with van der Waals surface area (Å²) in [5, 5.41) is 3.28. The highest BCUT2D eigenvalue weighted by Gasteiger charge is 2.12. The zero-order valence-corrected chi connectivity index (χ0v) is 18.1. The minimum Gasteiger partial charge on any atom is -0.483 e. The van der Waals surface area contributed by atoms with Gasteiger partial charge >= 0.3 is 0 Å². The van der Waals surface area contributed by atoms with E-state index in [0.717, 1.165) is 16.8 Å². The third-order valence-electron chi connectivity index (χ3n) is 4.54. The van der Waals surface area contributed by atoms with E-state index >= 15 is 0 Å². The maximum Gasteiger partial charge on any atom is 0.276 e. The Kier molecular flexibility index (Phi) is 7.35. The third kappa shape index (κ3) is 6.13. The first-order chi connectivity index (χ1) is 14.9. The minimum atomic E-state index is -0.391. The molecule has 3 rings (SSSR count). The molecule has 7 heteroatoms. The number of anilines is 1. The molecule has 0 fully saturated rings. The Morgan fingerprint density at radius 3 is 2.26 bits per heavy atom. The average molecular weight is 434 g/mol. The molecule has 0 spiro atoms. The maximum atomic E-state index is 12.5. The summed E-state index contributed by atoms with van der Waals surface area (Å²) in [4.78, 5) is 24.6. The minimum absolute atomic E-state index is 0.0631. The van der Waals surface area contributed by atoms with Gasteiger partial charge in [0.05, 0.1) is 0 Å². The molecule has 0 unspecified atom stereocenters. The number of carbonyl (C=O) groups is 2. The van der Waals surface area contributed by atoms with Crippen molar-refractivity contribution in [1.29, 1.82) is 0 Å². The van der Waals surface area contributed by atoms with Crippen molar-refractivity contribution in [2.24, 2.45) is 0 Å². The van der Waals surface area contributed by atoms with Crippen LogP contribution in [0.15, 0.2) is 72.8 Å². The fraction of sp³-hybridized carbons (Fsp3) is 0.125. The molecular weight excluding hydrogens is 410 g/mol. The predicted octanol–water partition coefficient (Wildman–Crippen LogP) is 3.93. The third-order valence-corrected chi connectivity index (χ3v) is 4.74. The largest absolute Gasteiger partial charge is 0.483 e. The number of para-hydroxylation sites is 1. The van der Waals surface area contributed by atoms with Gasteiger partial charge in [0, 0.05) is 16.8 Å². The molecule has 0 radical (unpaired) electrons. The summed E-state index contributed by atoms with van der Waals surface area (Å²) < 4.78 is 5.58. The fourth-order valence-corrected chi connectivity index (χ4v) is 3.04. The zero-order valence-electron chi connectivity index (χ0n) is 17.3. The first kappa shape index (κ1) is 22.0. The van der Waals surface area contributed by atoms with Crippen LogP contribution in [0.2, 0.25) is 0 Å². The van der Waals surface area contributed by atoms with Crippen molar-refractivity contribution in [2.75, 3.05) is 11.9 Å². The van der Waals surface area contributed by atoms with Crippen LogP contribution in [0.3, 0.4) is 0 Å². The molecule has 0 heterocycles. The SMILES string of the molecule is Cc1ccccc1NC(=S)NNC(=O)COc1ccc(C(=O)c2ccccc2)cc1C. The van der Waals surface area contributed by atoms with E-state index in [1.807, 2.05) is 56.3 Å². The van der Waals surface area contributed by atoms with Crippen LogP contribution in [-0.2, 0) is 4.79 Å². The Balaban J connectivity index is 1.49. The maximum absolute atomic E-state index is 12.5. The number of amides is 1. The molecule has 0 aromatic heterocycles. The van der Waals surface area contributed by atoms with Crippen molar-refractivity contribution in [2.45, 2.75) is 13.8 Å². The molecule has 0 atom stereocenters.